The number of imidazole rings is 2. The predicted octanol–water partition coefficient (Wildman–Crippen LogP) is 5.32. The topological polar surface area (TPSA) is 204 Å². The molecule has 0 spiro atoms. The summed E-state index contributed by atoms with van der Waals surface area (Å²) < 4.78 is 9.72. The van der Waals surface area contributed by atoms with Crippen molar-refractivity contribution in [2.45, 2.75) is 84.0 Å². The molecule has 5 aromatic rings. The first kappa shape index (κ1) is 40.5. The van der Waals surface area contributed by atoms with Crippen LogP contribution in [-0.2, 0) is 19.1 Å². The number of nitrogens with one attached hydrogen (secondary N) is 4. The Morgan fingerprint density at radius 1 is 0.741 bits per heavy atom. The molecular weight excluding hydrogens is 741 g/mol. The van der Waals surface area contributed by atoms with Crippen LogP contribution in [0.1, 0.15) is 77.1 Å². The first-order valence-electron chi connectivity index (χ1n) is 19.9. The van der Waals surface area contributed by atoms with Gasteiger partial charge in [0, 0.05) is 31.3 Å². The van der Waals surface area contributed by atoms with E-state index < -0.39 is 24.6 Å². The number of H-pyrrole nitrogens is 2. The van der Waals surface area contributed by atoms with E-state index in [9.17, 15) is 19.5 Å². The number of ether oxygens (including phenoxy) is 2. The number of aromatic amines is 2. The smallest absolute Gasteiger partial charge is 0.407 e. The molecule has 2 saturated heterocycles. The van der Waals surface area contributed by atoms with Crippen molar-refractivity contribution in [1.82, 2.24) is 50.3 Å². The Hall–Kier alpha value is -5.71. The van der Waals surface area contributed by atoms with Gasteiger partial charge in [-0.1, -0.05) is 58.0 Å². The number of aliphatic hydroxyl groups is 1. The van der Waals surface area contributed by atoms with Crippen molar-refractivity contribution in [2.75, 3.05) is 27.3 Å². The second-order valence-corrected chi connectivity index (χ2v) is 15.6. The second kappa shape index (κ2) is 17.4. The number of hydrogen-bond donors (Lipinski definition) is 5. The Labute approximate surface area is 337 Å². The van der Waals surface area contributed by atoms with Crippen molar-refractivity contribution >= 4 is 28.9 Å². The fraction of sp³-hybridized carbons (Fsp3) is 0.452. The quantitative estimate of drug-likeness (QED) is 0.0966. The molecule has 7 rings (SSSR count). The van der Waals surface area contributed by atoms with Crippen LogP contribution < -0.4 is 10.6 Å². The zero-order valence-corrected chi connectivity index (χ0v) is 33.7. The lowest BCUT2D eigenvalue weighted by Gasteiger charge is -2.31. The number of aromatic nitrogens is 6. The van der Waals surface area contributed by atoms with Crippen molar-refractivity contribution in [1.29, 1.82) is 0 Å². The number of nitrogens with zero attached hydrogens (tertiary/aromatic N) is 6. The van der Waals surface area contributed by atoms with E-state index in [4.69, 9.17) is 24.4 Å². The molecule has 5 N–H and O–H groups in total. The summed E-state index contributed by atoms with van der Waals surface area (Å²) in [4.78, 5) is 68.8. The number of likely N-dealkylation sites (tertiary alicyclic amines) is 2. The molecule has 5 unspecified atom stereocenters. The number of carbonyl (C=O) groups is 3. The van der Waals surface area contributed by atoms with E-state index in [0.29, 0.717) is 18.9 Å². The molecule has 306 valence electrons. The predicted molar refractivity (Wildman–Crippen MR) is 216 cm³/mol. The van der Waals surface area contributed by atoms with Crippen molar-refractivity contribution in [3.63, 3.8) is 0 Å². The van der Waals surface area contributed by atoms with Crippen molar-refractivity contribution in [2.24, 2.45) is 11.8 Å². The zero-order chi connectivity index (χ0) is 41.1. The molecule has 3 amide bonds. The molecule has 5 atom stereocenters. The van der Waals surface area contributed by atoms with E-state index in [-0.39, 0.29) is 35.7 Å². The first-order chi connectivity index (χ1) is 27.9. The van der Waals surface area contributed by atoms with Crippen molar-refractivity contribution < 1.29 is 29.0 Å². The summed E-state index contributed by atoms with van der Waals surface area (Å²) in [6.45, 7) is 8.84. The highest BCUT2D eigenvalue weighted by Crippen LogP contribution is 2.35. The average Bonchev–Trinajstić information content (AvgIpc) is 4.07. The van der Waals surface area contributed by atoms with Crippen LogP contribution in [0.25, 0.3) is 44.8 Å². The van der Waals surface area contributed by atoms with Gasteiger partial charge in [-0.05, 0) is 55.2 Å². The Balaban J connectivity index is 1.05. The third-order valence-corrected chi connectivity index (χ3v) is 11.1. The van der Waals surface area contributed by atoms with Gasteiger partial charge in [-0.15, -0.1) is 0 Å². The van der Waals surface area contributed by atoms with Crippen LogP contribution in [0.3, 0.4) is 0 Å². The highest BCUT2D eigenvalue weighted by molar-refractivity contribution is 5.87. The molecule has 2 fully saturated rings. The molecule has 5 heterocycles. The number of benzene rings is 2. The maximum atomic E-state index is 13.6. The zero-order valence-electron chi connectivity index (χ0n) is 33.7. The number of methoxy groups -OCH3 is 2. The fourth-order valence-corrected chi connectivity index (χ4v) is 7.90. The first-order valence-corrected chi connectivity index (χ1v) is 19.9. The number of aliphatic hydroxyl groups excluding tert-OH is 1. The minimum Gasteiger partial charge on any atom is -0.453 e. The molecule has 0 saturated carbocycles. The molecule has 0 radical (unpaired) electrons. The van der Waals surface area contributed by atoms with Gasteiger partial charge in [0.05, 0.1) is 71.9 Å². The van der Waals surface area contributed by atoms with E-state index in [1.165, 1.54) is 14.2 Å². The second-order valence-electron chi connectivity index (χ2n) is 15.6. The highest BCUT2D eigenvalue weighted by Gasteiger charge is 2.39. The summed E-state index contributed by atoms with van der Waals surface area (Å²) in [7, 11) is 2.67. The molecule has 0 aliphatic carbocycles. The number of hydrogen-bond acceptors (Lipinski definition) is 11. The molecule has 2 aliphatic rings. The Morgan fingerprint density at radius 2 is 1.29 bits per heavy atom. The Kier molecular flexibility index (Phi) is 12.2. The molecule has 16 nitrogen and oxygen atoms in total. The third-order valence-electron chi connectivity index (χ3n) is 11.1. The molecule has 58 heavy (non-hydrogen) atoms. The number of carbonyl (C=O) groups excluding carboxylic acids is 3. The van der Waals surface area contributed by atoms with Gasteiger partial charge in [-0.25, -0.2) is 19.7 Å². The van der Waals surface area contributed by atoms with Crippen molar-refractivity contribution in [3.8, 4) is 33.8 Å². The summed E-state index contributed by atoms with van der Waals surface area (Å²) in [5, 5.41) is 15.6. The van der Waals surface area contributed by atoms with Gasteiger partial charge in [0.2, 0.25) is 18.2 Å². The lowest BCUT2D eigenvalue weighted by atomic mass is 10.0. The van der Waals surface area contributed by atoms with Crippen molar-refractivity contribution in [3.05, 3.63) is 72.7 Å². The van der Waals surface area contributed by atoms with Gasteiger partial charge in [0.25, 0.3) is 0 Å². The van der Waals surface area contributed by atoms with E-state index in [0.717, 1.165) is 76.3 Å². The van der Waals surface area contributed by atoms with Crippen LogP contribution >= 0.6 is 0 Å². The number of alkyl carbamates (subject to hydrolysis) is 1. The third kappa shape index (κ3) is 8.44. The maximum Gasteiger partial charge on any atom is 0.407 e. The average molecular weight is 793 g/mol. The Bertz CT molecular complexity index is 2240. The minimum atomic E-state index is -1.23. The molecular formula is C42H52N10O6. The standard InChI is InChI=1S/C42H52N10O6/c1-23(2)35(49-41(55)57-5)39(53)51-17-7-9-33(51)37-44-21-31(47-37)26-13-11-25(12-14-26)30-20-43-28-16-15-27(19-29(28)46-30)32-22-45-38(48-32)34-10-8-18-52(34)40(54)36(24(3)4)50-42(56)58-6/h11-16,19-24,33-36,41,49,55H,7-10,17-18H2,1-6H3,(H,44,47)(H,45,48)(H,50,56). The summed E-state index contributed by atoms with van der Waals surface area (Å²) >= 11 is 0. The van der Waals surface area contributed by atoms with Gasteiger partial charge in [-0.3, -0.25) is 19.9 Å². The van der Waals surface area contributed by atoms with Gasteiger partial charge in [-0.2, -0.15) is 0 Å². The van der Waals surface area contributed by atoms with Crippen LogP contribution in [0.4, 0.5) is 4.79 Å². The fourth-order valence-electron chi connectivity index (χ4n) is 7.90. The van der Waals surface area contributed by atoms with Gasteiger partial charge in [0.15, 0.2) is 0 Å². The lowest BCUT2D eigenvalue weighted by molar-refractivity contribution is -0.145. The normalized spacial score (nSPS) is 18.6. The van der Waals surface area contributed by atoms with Gasteiger partial charge in [0.1, 0.15) is 17.7 Å². The summed E-state index contributed by atoms with van der Waals surface area (Å²) in [5.41, 5.74) is 6.56. The van der Waals surface area contributed by atoms with Crippen LogP contribution in [-0.4, -0.2) is 109 Å². The molecule has 2 aromatic carbocycles. The Morgan fingerprint density at radius 3 is 1.86 bits per heavy atom. The summed E-state index contributed by atoms with van der Waals surface area (Å²) in [6, 6.07) is 12.2. The molecule has 2 aliphatic heterocycles. The number of fused-ring (bicyclic) bond motifs is 1. The van der Waals surface area contributed by atoms with Crippen LogP contribution in [0.15, 0.2) is 61.1 Å². The summed E-state index contributed by atoms with van der Waals surface area (Å²) in [6.07, 6.45) is 6.70. The molecule has 0 bridgehead atoms. The molecule has 16 heteroatoms. The SMILES string of the molecule is COC(=O)NC(C(=O)N1CCCC1c1ncc(-c2ccc3ncc(-c4ccc(-c5cnc(C6CCCN6C(=O)C(NC(O)OC)C(C)C)[nH]5)cc4)nc3c2)[nH]1)C(C)C. The monoisotopic (exact) mass is 792 g/mol. The maximum absolute atomic E-state index is 13.6. The van der Waals surface area contributed by atoms with E-state index in [2.05, 4.69) is 25.6 Å². The van der Waals surface area contributed by atoms with Crippen LogP contribution in [0, 0.1) is 11.8 Å². The minimum absolute atomic E-state index is 0.0558. The molecule has 3 aromatic heterocycles. The lowest BCUT2D eigenvalue weighted by Crippen LogP contribution is -2.52. The van der Waals surface area contributed by atoms with E-state index in [1.54, 1.807) is 23.5 Å². The summed E-state index contributed by atoms with van der Waals surface area (Å²) in [5.74, 6) is 0.989. The van der Waals surface area contributed by atoms with E-state index >= 15 is 0 Å². The van der Waals surface area contributed by atoms with Crippen LogP contribution in [0.5, 0.6) is 0 Å². The number of amides is 3. The van der Waals surface area contributed by atoms with Gasteiger partial charge >= 0.3 is 6.09 Å². The van der Waals surface area contributed by atoms with Crippen LogP contribution in [0.2, 0.25) is 0 Å². The largest absolute Gasteiger partial charge is 0.453 e. The van der Waals surface area contributed by atoms with Gasteiger partial charge < -0.3 is 39.7 Å². The van der Waals surface area contributed by atoms with E-state index in [1.807, 2.05) is 75.1 Å². The highest BCUT2D eigenvalue weighted by atomic mass is 16.6. The number of rotatable bonds is 13.